The van der Waals surface area contributed by atoms with Gasteiger partial charge in [-0.3, -0.25) is 0 Å². The molecule has 4 heteroatoms. The summed E-state index contributed by atoms with van der Waals surface area (Å²) in [7, 11) is 1.96. The van der Waals surface area contributed by atoms with E-state index in [1.165, 1.54) is 0 Å². The summed E-state index contributed by atoms with van der Waals surface area (Å²) in [6.45, 7) is 5.37. The Morgan fingerprint density at radius 2 is 1.93 bits per heavy atom. The maximum atomic E-state index is 5.43. The summed E-state index contributed by atoms with van der Waals surface area (Å²) in [6.07, 6.45) is 3.61. The van der Waals surface area contributed by atoms with Crippen LogP contribution in [0.5, 0.6) is 0 Å². The van der Waals surface area contributed by atoms with Crippen LogP contribution in [0.4, 0.5) is 5.95 Å². The molecule has 0 aliphatic heterocycles. The third kappa shape index (κ3) is 2.67. The second-order valence-corrected chi connectivity index (χ2v) is 3.70. The van der Waals surface area contributed by atoms with Crippen LogP contribution in [0.1, 0.15) is 25.3 Å². The summed E-state index contributed by atoms with van der Waals surface area (Å²) in [4.78, 5) is 7.98. The Labute approximate surface area is 85.0 Å². The van der Waals surface area contributed by atoms with E-state index in [0.717, 1.165) is 12.1 Å². The summed E-state index contributed by atoms with van der Waals surface area (Å²) in [6, 6.07) is 0. The van der Waals surface area contributed by atoms with E-state index in [1.807, 2.05) is 7.05 Å². The molecule has 0 amide bonds. The zero-order valence-corrected chi connectivity index (χ0v) is 8.99. The lowest BCUT2D eigenvalue weighted by Gasteiger charge is -2.19. The Balaban J connectivity index is 2.68. The van der Waals surface area contributed by atoms with Gasteiger partial charge in [-0.15, -0.1) is 0 Å². The van der Waals surface area contributed by atoms with E-state index in [-0.39, 0.29) is 0 Å². The topological polar surface area (TPSA) is 63.8 Å². The summed E-state index contributed by atoms with van der Waals surface area (Å²) in [5, 5.41) is 3.16. The minimum Gasteiger partial charge on any atom is -0.368 e. The lowest BCUT2D eigenvalue weighted by Crippen LogP contribution is -2.21. The third-order valence-electron chi connectivity index (χ3n) is 2.60. The summed E-state index contributed by atoms with van der Waals surface area (Å²) in [5.41, 5.74) is 6.57. The van der Waals surface area contributed by atoms with Crippen LogP contribution in [0.15, 0.2) is 12.4 Å². The quantitative estimate of drug-likeness (QED) is 0.751. The van der Waals surface area contributed by atoms with E-state index in [2.05, 4.69) is 29.1 Å². The van der Waals surface area contributed by atoms with Gasteiger partial charge in [-0.2, -0.15) is 0 Å². The summed E-state index contributed by atoms with van der Waals surface area (Å²) in [5.74, 6) is 1.34. The number of hydrogen-bond donors (Lipinski definition) is 2. The first-order chi connectivity index (χ1) is 6.65. The maximum absolute atomic E-state index is 5.43. The highest BCUT2D eigenvalue weighted by Crippen LogP contribution is 2.22. The van der Waals surface area contributed by atoms with Gasteiger partial charge in [-0.1, -0.05) is 13.8 Å². The van der Waals surface area contributed by atoms with Gasteiger partial charge in [0.15, 0.2) is 0 Å². The van der Waals surface area contributed by atoms with Crippen LogP contribution < -0.4 is 11.1 Å². The molecule has 1 aromatic rings. The number of nitrogens with zero attached hydrogens (tertiary/aromatic N) is 2. The zero-order valence-electron chi connectivity index (χ0n) is 8.99. The summed E-state index contributed by atoms with van der Waals surface area (Å²) >= 11 is 0. The van der Waals surface area contributed by atoms with Gasteiger partial charge < -0.3 is 11.1 Å². The molecule has 2 atom stereocenters. The molecule has 0 saturated heterocycles. The van der Waals surface area contributed by atoms with Crippen molar-refractivity contribution < 1.29 is 0 Å². The minimum absolute atomic E-state index is 0.335. The monoisotopic (exact) mass is 194 g/mol. The number of rotatable bonds is 4. The number of nitrogens with one attached hydrogen (secondary N) is 1. The van der Waals surface area contributed by atoms with E-state index >= 15 is 0 Å². The van der Waals surface area contributed by atoms with Crippen molar-refractivity contribution in [1.82, 2.24) is 15.3 Å². The van der Waals surface area contributed by atoms with Crippen LogP contribution in [0.3, 0.4) is 0 Å². The molecule has 0 aliphatic carbocycles. The molecule has 0 aromatic carbocycles. The maximum Gasteiger partial charge on any atom is 0.219 e. The molecule has 1 rings (SSSR count). The fourth-order valence-electron chi connectivity index (χ4n) is 1.41. The predicted molar refractivity (Wildman–Crippen MR) is 58.0 cm³/mol. The Morgan fingerprint density at radius 1 is 1.36 bits per heavy atom. The largest absolute Gasteiger partial charge is 0.368 e. The molecular weight excluding hydrogens is 176 g/mol. The van der Waals surface area contributed by atoms with E-state index < -0.39 is 0 Å². The molecule has 0 bridgehead atoms. The molecule has 0 saturated carbocycles. The van der Waals surface area contributed by atoms with E-state index in [9.17, 15) is 0 Å². The Morgan fingerprint density at radius 3 is 2.43 bits per heavy atom. The average Bonchev–Trinajstić information content (AvgIpc) is 2.18. The van der Waals surface area contributed by atoms with Crippen LogP contribution in [0.2, 0.25) is 0 Å². The number of anilines is 1. The molecule has 0 spiro atoms. The molecule has 0 radical (unpaired) electrons. The lowest BCUT2D eigenvalue weighted by molar-refractivity contribution is 0.464. The van der Waals surface area contributed by atoms with Crippen molar-refractivity contribution >= 4 is 5.95 Å². The molecule has 3 N–H and O–H groups in total. The van der Waals surface area contributed by atoms with Crippen molar-refractivity contribution in [2.75, 3.05) is 19.3 Å². The fourth-order valence-corrected chi connectivity index (χ4v) is 1.41. The van der Waals surface area contributed by atoms with Gasteiger partial charge in [0.25, 0.3) is 0 Å². The van der Waals surface area contributed by atoms with Gasteiger partial charge in [-0.05, 0) is 31.0 Å². The smallest absolute Gasteiger partial charge is 0.219 e. The SMILES string of the molecule is CNC[C@@H](C)C(C)c1cnc(N)nc1. The van der Waals surface area contributed by atoms with Crippen LogP contribution in [-0.2, 0) is 0 Å². The van der Waals surface area contributed by atoms with Crippen molar-refractivity contribution in [2.24, 2.45) is 5.92 Å². The van der Waals surface area contributed by atoms with Gasteiger partial charge in [0.05, 0.1) is 0 Å². The third-order valence-corrected chi connectivity index (χ3v) is 2.60. The van der Waals surface area contributed by atoms with Gasteiger partial charge in [0.2, 0.25) is 5.95 Å². The van der Waals surface area contributed by atoms with E-state index in [0.29, 0.717) is 17.8 Å². The predicted octanol–water partition coefficient (Wildman–Crippen LogP) is 1.02. The van der Waals surface area contributed by atoms with Crippen LogP contribution >= 0.6 is 0 Å². The second-order valence-electron chi connectivity index (χ2n) is 3.70. The van der Waals surface area contributed by atoms with Gasteiger partial charge in [0, 0.05) is 12.4 Å². The molecule has 14 heavy (non-hydrogen) atoms. The highest BCUT2D eigenvalue weighted by atomic mass is 15.0. The highest BCUT2D eigenvalue weighted by molar-refractivity contribution is 5.19. The van der Waals surface area contributed by atoms with E-state index in [4.69, 9.17) is 5.73 Å². The van der Waals surface area contributed by atoms with Crippen molar-refractivity contribution in [3.63, 3.8) is 0 Å². The fraction of sp³-hybridized carbons (Fsp3) is 0.600. The van der Waals surface area contributed by atoms with Crippen molar-refractivity contribution in [1.29, 1.82) is 0 Å². The molecule has 0 fully saturated rings. The molecule has 1 aromatic heterocycles. The first kappa shape index (κ1) is 10.9. The van der Waals surface area contributed by atoms with Gasteiger partial charge in [-0.25, -0.2) is 9.97 Å². The average molecular weight is 194 g/mol. The molecule has 4 nitrogen and oxygen atoms in total. The lowest BCUT2D eigenvalue weighted by atomic mass is 9.91. The van der Waals surface area contributed by atoms with Crippen molar-refractivity contribution in [3.8, 4) is 0 Å². The van der Waals surface area contributed by atoms with Crippen LogP contribution in [0, 0.1) is 5.92 Å². The molecule has 1 unspecified atom stereocenters. The van der Waals surface area contributed by atoms with Crippen molar-refractivity contribution in [3.05, 3.63) is 18.0 Å². The number of nitrogens with two attached hydrogens (primary N) is 1. The number of hydrogen-bond acceptors (Lipinski definition) is 4. The zero-order chi connectivity index (χ0) is 10.6. The molecular formula is C10H18N4. The van der Waals surface area contributed by atoms with Crippen molar-refractivity contribution in [2.45, 2.75) is 19.8 Å². The molecule has 1 heterocycles. The Kier molecular flexibility index (Phi) is 3.83. The number of nitrogen functional groups attached to an aromatic ring is 1. The van der Waals surface area contributed by atoms with Crippen LogP contribution in [0.25, 0.3) is 0 Å². The van der Waals surface area contributed by atoms with E-state index in [1.54, 1.807) is 12.4 Å². The second kappa shape index (κ2) is 4.91. The summed E-state index contributed by atoms with van der Waals surface area (Å²) < 4.78 is 0. The normalized spacial score (nSPS) is 15.1. The standard InChI is InChI=1S/C10H18N4/c1-7(4-12-3)8(2)9-5-13-10(11)14-6-9/h5-8,12H,4H2,1-3H3,(H2,11,13,14)/t7-,8?/m1/s1. The first-order valence-electron chi connectivity index (χ1n) is 4.87. The highest BCUT2D eigenvalue weighted by Gasteiger charge is 2.13. The minimum atomic E-state index is 0.335. The first-order valence-corrected chi connectivity index (χ1v) is 4.87. The molecule has 0 aliphatic rings. The number of aromatic nitrogens is 2. The molecule has 78 valence electrons. The van der Waals surface area contributed by atoms with Gasteiger partial charge >= 0.3 is 0 Å². The van der Waals surface area contributed by atoms with Gasteiger partial charge in [0.1, 0.15) is 0 Å². The van der Waals surface area contributed by atoms with Crippen LogP contribution in [-0.4, -0.2) is 23.6 Å². The Hall–Kier alpha value is -1.16. The Bertz CT molecular complexity index is 270.